The summed E-state index contributed by atoms with van der Waals surface area (Å²) in [4.78, 5) is 2.65. The molecule has 1 unspecified atom stereocenters. The Hall–Kier alpha value is -0.860. The predicted octanol–water partition coefficient (Wildman–Crippen LogP) is 3.14. The van der Waals surface area contributed by atoms with Crippen molar-refractivity contribution in [2.75, 3.05) is 19.6 Å². The van der Waals surface area contributed by atoms with Gasteiger partial charge in [0.2, 0.25) is 0 Å². The quantitative estimate of drug-likeness (QED) is 0.906. The van der Waals surface area contributed by atoms with Crippen molar-refractivity contribution >= 4 is 0 Å². The molecule has 0 aromatic heterocycles. The van der Waals surface area contributed by atoms with E-state index in [9.17, 15) is 0 Å². The van der Waals surface area contributed by atoms with Crippen molar-refractivity contribution in [1.82, 2.24) is 10.2 Å². The molecule has 1 atom stereocenters. The molecule has 0 spiro atoms. The fraction of sp³-hybridized carbons (Fsp3) is 0.667. The minimum atomic E-state index is 0.692. The van der Waals surface area contributed by atoms with E-state index in [1.807, 2.05) is 0 Å². The molecule has 110 valence electrons. The Kier molecular flexibility index (Phi) is 4.74. The first-order valence-electron chi connectivity index (χ1n) is 8.41. The zero-order chi connectivity index (χ0) is 13.8. The summed E-state index contributed by atoms with van der Waals surface area (Å²) in [5, 5.41) is 3.70. The molecule has 0 amide bonds. The van der Waals surface area contributed by atoms with Crippen LogP contribution in [0, 0.1) is 0 Å². The van der Waals surface area contributed by atoms with Gasteiger partial charge in [-0.2, -0.15) is 0 Å². The standard InChI is InChI=1S/C18H28N2/c1-2-5-18-14-20(11-4-10-19-18)13-15-8-9-16-6-3-7-17(16)12-15/h8-9,12,18-19H,2-7,10-11,13-14H2,1H3. The molecule has 1 saturated heterocycles. The SMILES string of the molecule is CCCC1CN(Cc2ccc3c(c2)CCC3)CCCN1. The minimum absolute atomic E-state index is 0.692. The van der Waals surface area contributed by atoms with Gasteiger partial charge in [0.15, 0.2) is 0 Å². The monoisotopic (exact) mass is 272 g/mol. The van der Waals surface area contributed by atoms with E-state index in [0.717, 1.165) is 6.54 Å². The summed E-state index contributed by atoms with van der Waals surface area (Å²) >= 11 is 0. The van der Waals surface area contributed by atoms with Crippen LogP contribution in [0.5, 0.6) is 0 Å². The maximum absolute atomic E-state index is 3.70. The maximum atomic E-state index is 3.70. The lowest BCUT2D eigenvalue weighted by Gasteiger charge is -2.24. The third kappa shape index (κ3) is 3.42. The molecular weight excluding hydrogens is 244 g/mol. The van der Waals surface area contributed by atoms with Gasteiger partial charge in [-0.25, -0.2) is 0 Å². The zero-order valence-corrected chi connectivity index (χ0v) is 12.8. The van der Waals surface area contributed by atoms with E-state index in [4.69, 9.17) is 0 Å². The normalized spacial score (nSPS) is 23.6. The summed E-state index contributed by atoms with van der Waals surface area (Å²) in [5.74, 6) is 0. The van der Waals surface area contributed by atoms with Gasteiger partial charge in [-0.05, 0) is 61.9 Å². The highest BCUT2D eigenvalue weighted by atomic mass is 15.2. The van der Waals surface area contributed by atoms with Crippen molar-refractivity contribution in [1.29, 1.82) is 0 Å². The Morgan fingerprint density at radius 3 is 3.00 bits per heavy atom. The highest BCUT2D eigenvalue weighted by Gasteiger charge is 2.18. The smallest absolute Gasteiger partial charge is 0.0234 e. The van der Waals surface area contributed by atoms with Crippen molar-refractivity contribution in [2.45, 2.75) is 58.0 Å². The Balaban J connectivity index is 1.63. The van der Waals surface area contributed by atoms with Gasteiger partial charge < -0.3 is 5.32 Å². The second-order valence-electron chi connectivity index (χ2n) is 6.49. The summed E-state index contributed by atoms with van der Waals surface area (Å²) in [6, 6.07) is 7.89. The summed E-state index contributed by atoms with van der Waals surface area (Å²) in [6.07, 6.45) is 7.81. The number of aryl methyl sites for hydroxylation is 2. The molecule has 0 bridgehead atoms. The largest absolute Gasteiger partial charge is 0.313 e. The first-order valence-corrected chi connectivity index (χ1v) is 8.41. The van der Waals surface area contributed by atoms with Crippen LogP contribution in [0.1, 0.15) is 49.3 Å². The fourth-order valence-electron chi connectivity index (χ4n) is 3.74. The second-order valence-corrected chi connectivity index (χ2v) is 6.49. The minimum Gasteiger partial charge on any atom is -0.313 e. The van der Waals surface area contributed by atoms with Gasteiger partial charge in [0.1, 0.15) is 0 Å². The van der Waals surface area contributed by atoms with Crippen LogP contribution in [-0.2, 0) is 19.4 Å². The number of hydrogen-bond acceptors (Lipinski definition) is 2. The second kappa shape index (κ2) is 6.73. The number of rotatable bonds is 4. The fourth-order valence-corrected chi connectivity index (χ4v) is 3.74. The molecule has 2 nitrogen and oxygen atoms in total. The van der Waals surface area contributed by atoms with Gasteiger partial charge in [-0.3, -0.25) is 4.90 Å². The molecule has 20 heavy (non-hydrogen) atoms. The van der Waals surface area contributed by atoms with Crippen molar-refractivity contribution < 1.29 is 0 Å². The number of benzene rings is 1. The van der Waals surface area contributed by atoms with Crippen LogP contribution >= 0.6 is 0 Å². The van der Waals surface area contributed by atoms with E-state index in [1.165, 1.54) is 63.7 Å². The van der Waals surface area contributed by atoms with Gasteiger partial charge in [0.25, 0.3) is 0 Å². The van der Waals surface area contributed by atoms with Crippen molar-refractivity contribution in [3.8, 4) is 0 Å². The van der Waals surface area contributed by atoms with Gasteiger partial charge in [0.05, 0.1) is 0 Å². The number of nitrogens with one attached hydrogen (secondary N) is 1. The predicted molar refractivity (Wildman–Crippen MR) is 85.1 cm³/mol. The molecule has 2 heteroatoms. The highest BCUT2D eigenvalue weighted by Crippen LogP contribution is 2.23. The van der Waals surface area contributed by atoms with Crippen LogP contribution in [0.3, 0.4) is 0 Å². The average Bonchev–Trinajstić information content (AvgIpc) is 2.80. The van der Waals surface area contributed by atoms with Crippen LogP contribution in [0.2, 0.25) is 0 Å². The Bertz CT molecular complexity index is 441. The zero-order valence-electron chi connectivity index (χ0n) is 12.8. The van der Waals surface area contributed by atoms with E-state index < -0.39 is 0 Å². The van der Waals surface area contributed by atoms with E-state index in [-0.39, 0.29) is 0 Å². The first-order chi connectivity index (χ1) is 9.85. The summed E-state index contributed by atoms with van der Waals surface area (Å²) < 4.78 is 0. The molecule has 0 saturated carbocycles. The lowest BCUT2D eigenvalue weighted by Crippen LogP contribution is -2.37. The lowest BCUT2D eigenvalue weighted by atomic mass is 10.1. The van der Waals surface area contributed by atoms with Crippen molar-refractivity contribution in [3.05, 3.63) is 34.9 Å². The third-order valence-electron chi connectivity index (χ3n) is 4.77. The van der Waals surface area contributed by atoms with Crippen LogP contribution in [0.15, 0.2) is 18.2 Å². The Labute approximate surface area is 123 Å². The average molecular weight is 272 g/mol. The number of nitrogens with zero attached hydrogens (tertiary/aromatic N) is 1. The molecular formula is C18H28N2. The third-order valence-corrected chi connectivity index (χ3v) is 4.77. The maximum Gasteiger partial charge on any atom is 0.0234 e. The number of fused-ring (bicyclic) bond motifs is 1. The van der Waals surface area contributed by atoms with Gasteiger partial charge in [-0.15, -0.1) is 0 Å². The Morgan fingerprint density at radius 2 is 2.10 bits per heavy atom. The summed E-state index contributed by atoms with van der Waals surface area (Å²) in [7, 11) is 0. The highest BCUT2D eigenvalue weighted by molar-refractivity contribution is 5.35. The van der Waals surface area contributed by atoms with Gasteiger partial charge in [0, 0.05) is 19.1 Å². The molecule has 2 aliphatic rings. The van der Waals surface area contributed by atoms with Gasteiger partial charge in [-0.1, -0.05) is 31.5 Å². The van der Waals surface area contributed by atoms with Crippen LogP contribution in [0.25, 0.3) is 0 Å². The van der Waals surface area contributed by atoms with Crippen molar-refractivity contribution in [3.63, 3.8) is 0 Å². The topological polar surface area (TPSA) is 15.3 Å². The molecule has 1 N–H and O–H groups in total. The molecule has 1 aliphatic carbocycles. The van der Waals surface area contributed by atoms with Crippen LogP contribution in [-0.4, -0.2) is 30.6 Å². The number of hydrogen-bond donors (Lipinski definition) is 1. The van der Waals surface area contributed by atoms with E-state index >= 15 is 0 Å². The van der Waals surface area contributed by atoms with E-state index in [1.54, 1.807) is 11.1 Å². The van der Waals surface area contributed by atoms with Crippen molar-refractivity contribution in [2.24, 2.45) is 0 Å². The van der Waals surface area contributed by atoms with Crippen LogP contribution in [0.4, 0.5) is 0 Å². The molecule has 0 radical (unpaired) electrons. The molecule has 3 rings (SSSR count). The molecule has 1 heterocycles. The summed E-state index contributed by atoms with van der Waals surface area (Å²) in [6.45, 7) is 7.06. The lowest BCUT2D eigenvalue weighted by molar-refractivity contribution is 0.255. The van der Waals surface area contributed by atoms with E-state index in [2.05, 4.69) is 35.3 Å². The molecule has 1 fully saturated rings. The first kappa shape index (κ1) is 14.1. The molecule has 1 aromatic rings. The van der Waals surface area contributed by atoms with Crippen LogP contribution < -0.4 is 5.32 Å². The molecule has 1 aromatic carbocycles. The molecule has 1 aliphatic heterocycles. The summed E-state index contributed by atoms with van der Waals surface area (Å²) in [5.41, 5.74) is 4.72. The Morgan fingerprint density at radius 1 is 1.20 bits per heavy atom. The van der Waals surface area contributed by atoms with E-state index in [0.29, 0.717) is 6.04 Å². The van der Waals surface area contributed by atoms with Gasteiger partial charge >= 0.3 is 0 Å².